The average Bonchev–Trinajstić information content (AvgIpc) is 2.54. The molecule has 7 nitrogen and oxygen atoms in total. The smallest absolute Gasteiger partial charge is 0.251 e. The molecule has 9 heteroatoms. The number of halogens is 1. The number of primary amides is 1. The van der Waals surface area contributed by atoms with Crippen LogP contribution in [0.25, 0.3) is 6.08 Å². The third-order valence-corrected chi connectivity index (χ3v) is 3.75. The summed E-state index contributed by atoms with van der Waals surface area (Å²) in [5, 5.41) is 2.49. The van der Waals surface area contributed by atoms with E-state index >= 15 is 0 Å². The summed E-state index contributed by atoms with van der Waals surface area (Å²) in [6.45, 7) is 0. The lowest BCUT2D eigenvalue weighted by Gasteiger charge is -2.05. The van der Waals surface area contributed by atoms with Crippen LogP contribution in [0.3, 0.4) is 0 Å². The van der Waals surface area contributed by atoms with Gasteiger partial charge in [-0.05, 0) is 42.0 Å². The van der Waals surface area contributed by atoms with Crippen LogP contribution in [0, 0.1) is 5.82 Å². The molecule has 0 radical (unpaired) electrons. The number of nitrogens with two attached hydrogens (primary N) is 1. The molecule has 26 heavy (non-hydrogen) atoms. The molecule has 0 aliphatic rings. The van der Waals surface area contributed by atoms with E-state index in [1.165, 1.54) is 18.2 Å². The molecule has 2 rings (SSSR count). The second kappa shape index (κ2) is 7.79. The third-order valence-electron chi connectivity index (χ3n) is 3.14. The van der Waals surface area contributed by atoms with E-state index in [-0.39, 0.29) is 11.3 Å². The zero-order valence-electron chi connectivity index (χ0n) is 13.7. The summed E-state index contributed by atoms with van der Waals surface area (Å²) in [5.41, 5.74) is 6.02. The van der Waals surface area contributed by atoms with Crippen molar-refractivity contribution in [1.82, 2.24) is 0 Å². The van der Waals surface area contributed by atoms with E-state index in [1.54, 1.807) is 24.3 Å². The molecule has 0 aromatic heterocycles. The highest BCUT2D eigenvalue weighted by molar-refractivity contribution is 7.92. The minimum Gasteiger partial charge on any atom is -0.366 e. The number of nitrogens with one attached hydrogen (secondary N) is 2. The fraction of sp³-hybridized carbons (Fsp3) is 0.0588. The van der Waals surface area contributed by atoms with Gasteiger partial charge in [0.2, 0.25) is 15.9 Å². The Morgan fingerprint density at radius 2 is 1.69 bits per heavy atom. The van der Waals surface area contributed by atoms with Gasteiger partial charge in [-0.1, -0.05) is 12.1 Å². The lowest BCUT2D eigenvalue weighted by Crippen LogP contribution is -2.14. The van der Waals surface area contributed by atoms with E-state index in [9.17, 15) is 22.4 Å². The minimum absolute atomic E-state index is 0.225. The van der Waals surface area contributed by atoms with Crippen molar-refractivity contribution < 1.29 is 22.4 Å². The number of carbonyl (C=O) groups excluding carboxylic acids is 2. The van der Waals surface area contributed by atoms with Gasteiger partial charge in [0.1, 0.15) is 5.82 Å². The summed E-state index contributed by atoms with van der Waals surface area (Å²) >= 11 is 0. The Kier molecular flexibility index (Phi) is 5.73. The number of hydrogen-bond acceptors (Lipinski definition) is 4. The SMILES string of the molecule is CS(=O)(=O)Nc1ccc(/C=C/C(=O)Nc2ccc(F)c(C(N)=O)c2)cc1. The van der Waals surface area contributed by atoms with Gasteiger partial charge in [-0.25, -0.2) is 12.8 Å². The van der Waals surface area contributed by atoms with Crippen LogP contribution in [0.4, 0.5) is 15.8 Å². The fourth-order valence-electron chi connectivity index (χ4n) is 2.02. The van der Waals surface area contributed by atoms with Crippen molar-refractivity contribution in [1.29, 1.82) is 0 Å². The Hall–Kier alpha value is -3.20. The van der Waals surface area contributed by atoms with Crippen LogP contribution in [0.2, 0.25) is 0 Å². The number of anilines is 2. The van der Waals surface area contributed by atoms with Crippen LogP contribution in [-0.4, -0.2) is 26.5 Å². The van der Waals surface area contributed by atoms with Gasteiger partial charge in [-0.15, -0.1) is 0 Å². The molecule has 0 unspecified atom stereocenters. The summed E-state index contributed by atoms with van der Waals surface area (Å²) in [4.78, 5) is 23.0. The van der Waals surface area contributed by atoms with Crippen LogP contribution in [0.1, 0.15) is 15.9 Å². The highest BCUT2D eigenvalue weighted by Gasteiger charge is 2.09. The standard InChI is InChI=1S/C17H16FN3O4S/c1-26(24,25)21-12-5-2-11(3-6-12)4-9-16(22)20-13-7-8-15(18)14(10-13)17(19)23/h2-10,21H,1H3,(H2,19,23)(H,20,22)/b9-4+. The number of amides is 2. The average molecular weight is 377 g/mol. The maximum atomic E-state index is 13.4. The van der Waals surface area contributed by atoms with E-state index in [2.05, 4.69) is 10.0 Å². The van der Waals surface area contributed by atoms with Crippen molar-refractivity contribution in [3.05, 3.63) is 65.5 Å². The second-order valence-corrected chi connectivity index (χ2v) is 7.13. The van der Waals surface area contributed by atoms with E-state index in [4.69, 9.17) is 5.73 Å². The first-order valence-corrected chi connectivity index (χ1v) is 9.19. The van der Waals surface area contributed by atoms with Gasteiger partial charge in [-0.2, -0.15) is 0 Å². The lowest BCUT2D eigenvalue weighted by atomic mass is 10.1. The highest BCUT2D eigenvalue weighted by atomic mass is 32.2. The lowest BCUT2D eigenvalue weighted by molar-refractivity contribution is -0.111. The first-order valence-electron chi connectivity index (χ1n) is 7.30. The van der Waals surface area contributed by atoms with Crippen LogP contribution in [-0.2, 0) is 14.8 Å². The summed E-state index contributed by atoms with van der Waals surface area (Å²) in [6, 6.07) is 9.84. The molecule has 0 saturated carbocycles. The van der Waals surface area contributed by atoms with Gasteiger partial charge in [0.05, 0.1) is 11.8 Å². The van der Waals surface area contributed by atoms with Crippen LogP contribution < -0.4 is 15.8 Å². The molecule has 2 amide bonds. The Morgan fingerprint density at radius 3 is 2.27 bits per heavy atom. The predicted octanol–water partition coefficient (Wildman–Crippen LogP) is 1.95. The second-order valence-electron chi connectivity index (χ2n) is 5.38. The minimum atomic E-state index is -3.35. The van der Waals surface area contributed by atoms with Gasteiger partial charge in [-0.3, -0.25) is 14.3 Å². The first kappa shape index (κ1) is 19.1. The Labute approximate surface area is 149 Å². The molecular formula is C17H16FN3O4S. The molecular weight excluding hydrogens is 361 g/mol. The normalized spacial score (nSPS) is 11.3. The molecule has 0 heterocycles. The van der Waals surface area contributed by atoms with Gasteiger partial charge in [0.25, 0.3) is 5.91 Å². The summed E-state index contributed by atoms with van der Waals surface area (Å²) in [5.74, 6) is -2.20. The van der Waals surface area contributed by atoms with Crippen molar-refractivity contribution in [2.24, 2.45) is 5.73 Å². The molecule has 0 aliphatic carbocycles. The molecule has 4 N–H and O–H groups in total. The maximum absolute atomic E-state index is 13.4. The highest BCUT2D eigenvalue weighted by Crippen LogP contribution is 2.15. The molecule has 0 saturated heterocycles. The third kappa shape index (κ3) is 5.71. The number of benzene rings is 2. The Morgan fingerprint density at radius 1 is 1.08 bits per heavy atom. The van der Waals surface area contributed by atoms with E-state index in [0.29, 0.717) is 11.3 Å². The van der Waals surface area contributed by atoms with Crippen molar-refractivity contribution in [2.75, 3.05) is 16.3 Å². The monoisotopic (exact) mass is 377 g/mol. The first-order chi connectivity index (χ1) is 12.1. The summed E-state index contributed by atoms with van der Waals surface area (Å²) in [6.07, 6.45) is 3.80. The quantitative estimate of drug-likeness (QED) is 0.667. The van der Waals surface area contributed by atoms with E-state index in [1.807, 2.05) is 0 Å². The van der Waals surface area contributed by atoms with Crippen LogP contribution >= 0.6 is 0 Å². The fourth-order valence-corrected chi connectivity index (χ4v) is 2.59. The van der Waals surface area contributed by atoms with Gasteiger partial charge >= 0.3 is 0 Å². The van der Waals surface area contributed by atoms with Crippen LogP contribution in [0.15, 0.2) is 48.5 Å². The number of carbonyl (C=O) groups is 2. The molecule has 2 aromatic rings. The van der Waals surface area contributed by atoms with Crippen molar-refractivity contribution >= 4 is 39.3 Å². The molecule has 0 aliphatic heterocycles. The Bertz CT molecular complexity index is 970. The molecule has 0 bridgehead atoms. The topological polar surface area (TPSA) is 118 Å². The van der Waals surface area contributed by atoms with Crippen molar-refractivity contribution in [3.63, 3.8) is 0 Å². The van der Waals surface area contributed by atoms with E-state index in [0.717, 1.165) is 18.4 Å². The predicted molar refractivity (Wildman–Crippen MR) is 97.5 cm³/mol. The molecule has 0 fully saturated rings. The molecule has 136 valence electrons. The van der Waals surface area contributed by atoms with Gasteiger partial charge in [0, 0.05) is 17.5 Å². The summed E-state index contributed by atoms with van der Waals surface area (Å²) < 4.78 is 38.0. The Balaban J connectivity index is 2.03. The van der Waals surface area contributed by atoms with Crippen LogP contribution in [0.5, 0.6) is 0 Å². The van der Waals surface area contributed by atoms with E-state index < -0.39 is 27.7 Å². The number of rotatable bonds is 6. The molecule has 0 atom stereocenters. The van der Waals surface area contributed by atoms with Crippen molar-refractivity contribution in [2.45, 2.75) is 0 Å². The number of sulfonamides is 1. The zero-order valence-corrected chi connectivity index (χ0v) is 14.5. The van der Waals surface area contributed by atoms with Gasteiger partial charge in [0.15, 0.2) is 0 Å². The number of hydrogen-bond donors (Lipinski definition) is 3. The van der Waals surface area contributed by atoms with Crippen molar-refractivity contribution in [3.8, 4) is 0 Å². The molecule has 2 aromatic carbocycles. The zero-order chi connectivity index (χ0) is 19.3. The summed E-state index contributed by atoms with van der Waals surface area (Å²) in [7, 11) is -3.35. The largest absolute Gasteiger partial charge is 0.366 e. The molecule has 0 spiro atoms. The van der Waals surface area contributed by atoms with Gasteiger partial charge < -0.3 is 11.1 Å². The maximum Gasteiger partial charge on any atom is 0.251 e.